The van der Waals surface area contributed by atoms with Crippen molar-refractivity contribution in [3.63, 3.8) is 0 Å². The van der Waals surface area contributed by atoms with Crippen molar-refractivity contribution in [3.8, 4) is 11.5 Å². The van der Waals surface area contributed by atoms with E-state index in [-0.39, 0.29) is 0 Å². The van der Waals surface area contributed by atoms with E-state index in [1.165, 1.54) is 25.1 Å². The standard InChI is InChI=1S/C21H23N3OS/c1-24-13-5-6-16(14-24)20-15-26-21(23-20)22-17-9-11-19(12-10-17)25-18-7-3-2-4-8-18/h2-4,7-12,15-16H,5-6,13-14H2,1H3,(H,22,23). The normalized spacial score (nSPS) is 17.8. The number of nitrogens with one attached hydrogen (secondary N) is 1. The molecule has 2 heterocycles. The summed E-state index contributed by atoms with van der Waals surface area (Å²) < 4.78 is 5.83. The van der Waals surface area contributed by atoms with Crippen molar-refractivity contribution >= 4 is 22.2 Å². The maximum atomic E-state index is 5.83. The lowest BCUT2D eigenvalue weighted by Gasteiger charge is -2.28. The number of ether oxygens (including phenoxy) is 1. The minimum Gasteiger partial charge on any atom is -0.457 e. The highest BCUT2D eigenvalue weighted by atomic mass is 32.1. The summed E-state index contributed by atoms with van der Waals surface area (Å²) in [5.74, 6) is 2.23. The Bertz CT molecular complexity index is 832. The first-order valence-electron chi connectivity index (χ1n) is 9.00. The number of benzene rings is 2. The minimum atomic E-state index is 0.558. The smallest absolute Gasteiger partial charge is 0.187 e. The van der Waals surface area contributed by atoms with Crippen molar-refractivity contribution in [1.82, 2.24) is 9.88 Å². The lowest BCUT2D eigenvalue weighted by molar-refractivity contribution is 0.249. The molecule has 1 aliphatic rings. The first-order valence-corrected chi connectivity index (χ1v) is 9.88. The Morgan fingerprint density at radius 1 is 1.08 bits per heavy atom. The third-order valence-corrected chi connectivity index (χ3v) is 5.43. The van der Waals surface area contributed by atoms with Crippen molar-refractivity contribution < 1.29 is 4.74 Å². The fraction of sp³-hybridized carbons (Fsp3) is 0.286. The van der Waals surface area contributed by atoms with Crippen LogP contribution in [0.3, 0.4) is 0 Å². The van der Waals surface area contributed by atoms with Gasteiger partial charge < -0.3 is 15.0 Å². The van der Waals surface area contributed by atoms with Crippen LogP contribution in [-0.2, 0) is 0 Å². The molecule has 5 heteroatoms. The topological polar surface area (TPSA) is 37.4 Å². The second-order valence-corrected chi connectivity index (χ2v) is 7.60. The molecule has 1 fully saturated rings. The van der Waals surface area contributed by atoms with Crippen LogP contribution in [0.4, 0.5) is 10.8 Å². The molecular formula is C21H23N3OS. The molecule has 1 atom stereocenters. The van der Waals surface area contributed by atoms with E-state index in [1.54, 1.807) is 11.3 Å². The number of anilines is 2. The van der Waals surface area contributed by atoms with E-state index in [4.69, 9.17) is 9.72 Å². The summed E-state index contributed by atoms with van der Waals surface area (Å²) in [6.45, 7) is 2.30. The van der Waals surface area contributed by atoms with E-state index in [0.29, 0.717) is 5.92 Å². The predicted molar refractivity (Wildman–Crippen MR) is 108 cm³/mol. The Hall–Kier alpha value is -2.37. The number of aromatic nitrogens is 1. The summed E-state index contributed by atoms with van der Waals surface area (Å²) in [7, 11) is 2.19. The van der Waals surface area contributed by atoms with Gasteiger partial charge in [0, 0.05) is 23.5 Å². The summed E-state index contributed by atoms with van der Waals surface area (Å²) in [4.78, 5) is 7.20. The fourth-order valence-corrected chi connectivity index (χ4v) is 4.11. The number of hydrogen-bond acceptors (Lipinski definition) is 5. The molecule has 2 aromatic carbocycles. The number of thiazole rings is 1. The molecule has 4 nitrogen and oxygen atoms in total. The number of nitrogens with zero attached hydrogens (tertiary/aromatic N) is 2. The molecule has 0 spiro atoms. The summed E-state index contributed by atoms with van der Waals surface area (Å²) in [5.41, 5.74) is 2.24. The first-order chi connectivity index (χ1) is 12.8. The highest BCUT2D eigenvalue weighted by Crippen LogP contribution is 2.31. The molecule has 26 heavy (non-hydrogen) atoms. The molecule has 4 rings (SSSR count). The van der Waals surface area contributed by atoms with Gasteiger partial charge in [-0.3, -0.25) is 0 Å². The molecule has 0 saturated carbocycles. The number of likely N-dealkylation sites (N-methyl/N-ethyl adjacent to an activating group) is 1. The van der Waals surface area contributed by atoms with Crippen molar-refractivity contribution in [2.45, 2.75) is 18.8 Å². The van der Waals surface area contributed by atoms with E-state index in [0.717, 1.165) is 28.9 Å². The van der Waals surface area contributed by atoms with Crippen LogP contribution in [0, 0.1) is 0 Å². The highest BCUT2D eigenvalue weighted by Gasteiger charge is 2.21. The zero-order valence-electron chi connectivity index (χ0n) is 14.9. The second kappa shape index (κ2) is 7.89. The summed E-state index contributed by atoms with van der Waals surface area (Å²) in [6.07, 6.45) is 2.49. The molecule has 0 radical (unpaired) electrons. The Morgan fingerprint density at radius 3 is 2.62 bits per heavy atom. The SMILES string of the molecule is CN1CCCC(c2csc(Nc3ccc(Oc4ccccc4)cc3)n2)C1. The van der Waals surface area contributed by atoms with Crippen molar-refractivity contribution in [1.29, 1.82) is 0 Å². The monoisotopic (exact) mass is 365 g/mol. The third-order valence-electron chi connectivity index (χ3n) is 4.65. The van der Waals surface area contributed by atoms with Gasteiger partial charge in [-0.05, 0) is 62.8 Å². The number of likely N-dealkylation sites (tertiary alicyclic amines) is 1. The van der Waals surface area contributed by atoms with Crippen LogP contribution >= 0.6 is 11.3 Å². The Morgan fingerprint density at radius 2 is 1.85 bits per heavy atom. The van der Waals surface area contributed by atoms with Gasteiger partial charge in [0.25, 0.3) is 0 Å². The number of piperidine rings is 1. The van der Waals surface area contributed by atoms with Gasteiger partial charge in [0.05, 0.1) is 5.69 Å². The van der Waals surface area contributed by atoms with Crippen LogP contribution in [0.2, 0.25) is 0 Å². The number of rotatable bonds is 5. The zero-order valence-corrected chi connectivity index (χ0v) is 15.7. The van der Waals surface area contributed by atoms with E-state index in [2.05, 4.69) is 22.6 Å². The molecular weight excluding hydrogens is 342 g/mol. The Labute approximate surface area is 158 Å². The van der Waals surface area contributed by atoms with Crippen LogP contribution in [0.15, 0.2) is 60.0 Å². The molecule has 0 aliphatic carbocycles. The largest absolute Gasteiger partial charge is 0.457 e. The quantitative estimate of drug-likeness (QED) is 0.649. The van der Waals surface area contributed by atoms with E-state index in [1.807, 2.05) is 54.6 Å². The number of para-hydroxylation sites is 1. The van der Waals surface area contributed by atoms with Crippen molar-refractivity contribution in [2.75, 3.05) is 25.5 Å². The van der Waals surface area contributed by atoms with E-state index < -0.39 is 0 Å². The van der Waals surface area contributed by atoms with Gasteiger partial charge in [0.15, 0.2) is 5.13 Å². The first kappa shape index (κ1) is 17.1. The molecule has 1 aliphatic heterocycles. The van der Waals surface area contributed by atoms with Gasteiger partial charge in [-0.15, -0.1) is 11.3 Å². The van der Waals surface area contributed by atoms with E-state index >= 15 is 0 Å². The Balaban J connectivity index is 1.38. The van der Waals surface area contributed by atoms with Gasteiger partial charge in [0.1, 0.15) is 11.5 Å². The summed E-state index contributed by atoms with van der Waals surface area (Å²) in [6, 6.07) is 17.8. The van der Waals surface area contributed by atoms with Gasteiger partial charge in [-0.2, -0.15) is 0 Å². The molecule has 1 unspecified atom stereocenters. The molecule has 3 aromatic rings. The van der Waals surface area contributed by atoms with Crippen LogP contribution in [0.25, 0.3) is 0 Å². The summed E-state index contributed by atoms with van der Waals surface area (Å²) in [5, 5.41) is 6.55. The maximum absolute atomic E-state index is 5.83. The highest BCUT2D eigenvalue weighted by molar-refractivity contribution is 7.13. The average Bonchev–Trinajstić information content (AvgIpc) is 3.13. The molecule has 134 valence electrons. The molecule has 0 amide bonds. The Kier molecular flexibility index (Phi) is 5.18. The van der Waals surface area contributed by atoms with Gasteiger partial charge in [-0.25, -0.2) is 4.98 Å². The van der Waals surface area contributed by atoms with Crippen LogP contribution < -0.4 is 10.1 Å². The van der Waals surface area contributed by atoms with Crippen LogP contribution in [0.1, 0.15) is 24.5 Å². The maximum Gasteiger partial charge on any atom is 0.187 e. The lowest BCUT2D eigenvalue weighted by Crippen LogP contribution is -2.30. The fourth-order valence-electron chi connectivity index (χ4n) is 3.29. The zero-order chi connectivity index (χ0) is 17.8. The molecule has 1 aromatic heterocycles. The third kappa shape index (κ3) is 4.23. The molecule has 1 saturated heterocycles. The lowest BCUT2D eigenvalue weighted by atomic mass is 9.96. The van der Waals surface area contributed by atoms with Gasteiger partial charge in [0.2, 0.25) is 0 Å². The molecule has 0 bridgehead atoms. The van der Waals surface area contributed by atoms with Crippen molar-refractivity contribution in [2.24, 2.45) is 0 Å². The number of hydrogen-bond donors (Lipinski definition) is 1. The van der Waals surface area contributed by atoms with E-state index in [9.17, 15) is 0 Å². The average molecular weight is 366 g/mol. The van der Waals surface area contributed by atoms with Crippen LogP contribution in [-0.4, -0.2) is 30.0 Å². The van der Waals surface area contributed by atoms with Crippen LogP contribution in [0.5, 0.6) is 11.5 Å². The summed E-state index contributed by atoms with van der Waals surface area (Å²) >= 11 is 1.67. The minimum absolute atomic E-state index is 0.558. The van der Waals surface area contributed by atoms with Gasteiger partial charge >= 0.3 is 0 Å². The molecule has 1 N–H and O–H groups in total. The van der Waals surface area contributed by atoms with Gasteiger partial charge in [-0.1, -0.05) is 18.2 Å². The van der Waals surface area contributed by atoms with Crippen molar-refractivity contribution in [3.05, 3.63) is 65.7 Å². The predicted octanol–water partition coefficient (Wildman–Crippen LogP) is 5.49. The second-order valence-electron chi connectivity index (χ2n) is 6.74.